The zero-order valence-electron chi connectivity index (χ0n) is 11.0. The van der Waals surface area contributed by atoms with E-state index in [4.69, 9.17) is 4.42 Å². The lowest BCUT2D eigenvalue weighted by molar-refractivity contribution is 0.469. The topological polar surface area (TPSA) is 53.6 Å². The molecule has 0 saturated carbocycles. The Hall–Kier alpha value is -2.16. The Balaban J connectivity index is 2.39. The third-order valence-corrected chi connectivity index (χ3v) is 3.63. The number of aryl methyl sites for hydroxylation is 2. The molecule has 0 unspecified atom stereocenters. The molecule has 0 radical (unpaired) electrons. The van der Waals surface area contributed by atoms with Crippen LogP contribution >= 0.6 is 0 Å². The summed E-state index contributed by atoms with van der Waals surface area (Å²) in [4.78, 5) is 0. The van der Waals surface area contributed by atoms with Gasteiger partial charge in [-0.3, -0.25) is 0 Å². The summed E-state index contributed by atoms with van der Waals surface area (Å²) in [5, 5.41) is 21.6. The van der Waals surface area contributed by atoms with Crippen molar-refractivity contribution < 1.29 is 14.6 Å². The van der Waals surface area contributed by atoms with Gasteiger partial charge in [-0.05, 0) is 48.2 Å². The van der Waals surface area contributed by atoms with Crippen LogP contribution < -0.4 is 0 Å². The summed E-state index contributed by atoms with van der Waals surface area (Å²) in [6.45, 7) is 3.98. The van der Waals surface area contributed by atoms with Crippen LogP contribution in [0.2, 0.25) is 0 Å². The third kappa shape index (κ3) is 1.73. The number of furan rings is 1. The number of hydrogen-bond acceptors (Lipinski definition) is 3. The Kier molecular flexibility index (Phi) is 2.63. The lowest BCUT2D eigenvalue weighted by Crippen LogP contribution is -1.81. The van der Waals surface area contributed by atoms with Gasteiger partial charge in [0.15, 0.2) is 0 Å². The van der Waals surface area contributed by atoms with Crippen LogP contribution in [0, 0.1) is 0 Å². The van der Waals surface area contributed by atoms with Gasteiger partial charge in [-0.15, -0.1) is 0 Å². The standard InChI is InChI=1S/C16H16O3/c1-3-9-5-15-11(7-13(9)17)12-8-14(18)10(4-2)6-16(12)19-15/h5-8,17-18H,3-4H2,1-2H3. The number of hydrogen-bond donors (Lipinski definition) is 2. The highest BCUT2D eigenvalue weighted by Crippen LogP contribution is 2.36. The molecule has 0 bridgehead atoms. The van der Waals surface area contributed by atoms with Crippen LogP contribution in [0.1, 0.15) is 25.0 Å². The monoisotopic (exact) mass is 256 g/mol. The van der Waals surface area contributed by atoms with Crippen LogP contribution in [-0.4, -0.2) is 10.2 Å². The van der Waals surface area contributed by atoms with E-state index in [1.165, 1.54) is 0 Å². The van der Waals surface area contributed by atoms with Crippen molar-refractivity contribution in [3.8, 4) is 11.5 Å². The number of phenolic OH excluding ortho intramolecular Hbond substituents is 2. The Labute approximate surface area is 111 Å². The number of aromatic hydroxyl groups is 2. The third-order valence-electron chi connectivity index (χ3n) is 3.63. The summed E-state index contributed by atoms with van der Waals surface area (Å²) in [5.74, 6) is 0.550. The van der Waals surface area contributed by atoms with Crippen molar-refractivity contribution >= 4 is 21.9 Å². The predicted octanol–water partition coefficient (Wildman–Crippen LogP) is 4.12. The van der Waals surface area contributed by atoms with Gasteiger partial charge in [-0.2, -0.15) is 0 Å². The van der Waals surface area contributed by atoms with Crippen LogP contribution in [0.5, 0.6) is 11.5 Å². The summed E-state index contributed by atoms with van der Waals surface area (Å²) >= 11 is 0. The van der Waals surface area contributed by atoms with E-state index in [-0.39, 0.29) is 11.5 Å². The lowest BCUT2D eigenvalue weighted by Gasteiger charge is -2.01. The highest BCUT2D eigenvalue weighted by molar-refractivity contribution is 6.06. The van der Waals surface area contributed by atoms with Gasteiger partial charge in [0.1, 0.15) is 22.7 Å². The van der Waals surface area contributed by atoms with Gasteiger partial charge >= 0.3 is 0 Å². The van der Waals surface area contributed by atoms with Gasteiger partial charge < -0.3 is 14.6 Å². The van der Waals surface area contributed by atoms with Crippen LogP contribution in [0.15, 0.2) is 28.7 Å². The largest absolute Gasteiger partial charge is 0.508 e. The SMILES string of the molecule is CCc1cc2oc3cc(CC)c(O)cc3c2cc1O. The van der Waals surface area contributed by atoms with Crippen LogP contribution in [0.4, 0.5) is 0 Å². The molecule has 3 aromatic rings. The number of rotatable bonds is 2. The molecule has 98 valence electrons. The second-order valence-corrected chi connectivity index (χ2v) is 4.76. The molecule has 0 aliphatic heterocycles. The maximum absolute atomic E-state index is 9.95. The maximum atomic E-state index is 9.95. The molecule has 3 heteroatoms. The van der Waals surface area contributed by atoms with Crippen molar-refractivity contribution in [3.63, 3.8) is 0 Å². The molecule has 1 aromatic heterocycles. The van der Waals surface area contributed by atoms with Gasteiger partial charge in [0, 0.05) is 10.8 Å². The van der Waals surface area contributed by atoms with Gasteiger partial charge in [0.05, 0.1) is 0 Å². The molecule has 3 rings (SSSR count). The molecule has 0 aliphatic carbocycles. The van der Waals surface area contributed by atoms with Crippen LogP contribution in [-0.2, 0) is 12.8 Å². The first-order valence-electron chi connectivity index (χ1n) is 6.54. The molecule has 0 saturated heterocycles. The first-order chi connectivity index (χ1) is 9.13. The zero-order valence-corrected chi connectivity index (χ0v) is 11.0. The fraction of sp³-hybridized carbons (Fsp3) is 0.250. The highest BCUT2D eigenvalue weighted by atomic mass is 16.3. The van der Waals surface area contributed by atoms with Crippen molar-refractivity contribution in [1.82, 2.24) is 0 Å². The average molecular weight is 256 g/mol. The summed E-state index contributed by atoms with van der Waals surface area (Å²) in [5.41, 5.74) is 3.23. The molecule has 19 heavy (non-hydrogen) atoms. The first-order valence-corrected chi connectivity index (χ1v) is 6.54. The summed E-state index contributed by atoms with van der Waals surface area (Å²) in [6, 6.07) is 7.16. The van der Waals surface area contributed by atoms with Crippen LogP contribution in [0.25, 0.3) is 21.9 Å². The molecule has 1 heterocycles. The summed E-state index contributed by atoms with van der Waals surface area (Å²) in [7, 11) is 0. The normalized spacial score (nSPS) is 11.5. The molecular weight excluding hydrogens is 240 g/mol. The minimum Gasteiger partial charge on any atom is -0.508 e. The Morgan fingerprint density at radius 3 is 1.58 bits per heavy atom. The van der Waals surface area contributed by atoms with E-state index in [2.05, 4.69) is 0 Å². The minimum absolute atomic E-state index is 0.275. The highest BCUT2D eigenvalue weighted by Gasteiger charge is 2.13. The number of benzene rings is 2. The molecule has 0 atom stereocenters. The van der Waals surface area contributed by atoms with Crippen molar-refractivity contribution in [2.24, 2.45) is 0 Å². The van der Waals surface area contributed by atoms with Gasteiger partial charge in [-0.1, -0.05) is 13.8 Å². The quantitative estimate of drug-likeness (QED) is 0.725. The van der Waals surface area contributed by atoms with E-state index >= 15 is 0 Å². The smallest absolute Gasteiger partial charge is 0.135 e. The molecule has 2 aromatic carbocycles. The van der Waals surface area contributed by atoms with Crippen molar-refractivity contribution in [1.29, 1.82) is 0 Å². The van der Waals surface area contributed by atoms with Crippen molar-refractivity contribution in [3.05, 3.63) is 35.4 Å². The number of phenols is 2. The van der Waals surface area contributed by atoms with E-state index in [0.29, 0.717) is 0 Å². The van der Waals surface area contributed by atoms with Crippen LogP contribution in [0.3, 0.4) is 0 Å². The number of fused-ring (bicyclic) bond motifs is 3. The average Bonchev–Trinajstić information content (AvgIpc) is 2.73. The molecule has 0 fully saturated rings. The summed E-state index contributed by atoms with van der Waals surface area (Å²) in [6.07, 6.45) is 1.51. The fourth-order valence-corrected chi connectivity index (χ4v) is 2.50. The second kappa shape index (κ2) is 4.19. The predicted molar refractivity (Wildman–Crippen MR) is 75.8 cm³/mol. The van der Waals surface area contributed by atoms with Gasteiger partial charge in [0.25, 0.3) is 0 Å². The minimum atomic E-state index is 0.275. The lowest BCUT2D eigenvalue weighted by atomic mass is 10.0. The van der Waals surface area contributed by atoms with Gasteiger partial charge in [0.2, 0.25) is 0 Å². The van der Waals surface area contributed by atoms with E-state index in [1.807, 2.05) is 26.0 Å². The fourth-order valence-electron chi connectivity index (χ4n) is 2.50. The molecule has 0 aliphatic rings. The Bertz CT molecular complexity index is 704. The Morgan fingerprint density at radius 1 is 0.789 bits per heavy atom. The Morgan fingerprint density at radius 2 is 1.21 bits per heavy atom. The van der Waals surface area contributed by atoms with Gasteiger partial charge in [-0.25, -0.2) is 0 Å². The van der Waals surface area contributed by atoms with E-state index < -0.39 is 0 Å². The van der Waals surface area contributed by atoms with E-state index in [9.17, 15) is 10.2 Å². The molecule has 2 N–H and O–H groups in total. The first kappa shape index (κ1) is 11.9. The summed E-state index contributed by atoms with van der Waals surface area (Å²) < 4.78 is 5.83. The molecular formula is C16H16O3. The maximum Gasteiger partial charge on any atom is 0.135 e. The molecule has 0 amide bonds. The van der Waals surface area contributed by atoms with E-state index in [1.54, 1.807) is 12.1 Å². The van der Waals surface area contributed by atoms with E-state index in [0.717, 1.165) is 45.9 Å². The van der Waals surface area contributed by atoms with Crippen molar-refractivity contribution in [2.45, 2.75) is 26.7 Å². The zero-order chi connectivity index (χ0) is 13.6. The second-order valence-electron chi connectivity index (χ2n) is 4.76. The van der Waals surface area contributed by atoms with Crippen molar-refractivity contribution in [2.75, 3.05) is 0 Å². The molecule has 3 nitrogen and oxygen atoms in total. The molecule has 0 spiro atoms.